The van der Waals surface area contributed by atoms with Crippen LogP contribution in [0, 0.1) is 6.92 Å². The summed E-state index contributed by atoms with van der Waals surface area (Å²) in [4.78, 5) is 8.42. The molecule has 112 valence electrons. The van der Waals surface area contributed by atoms with Crippen LogP contribution >= 0.6 is 0 Å². The predicted molar refractivity (Wildman–Crippen MR) is 78.5 cm³/mol. The SMILES string of the molecule is COc1cc(NCc2ccc(S(N)(=O)=O)cc2)nc(C)n1. The highest BCUT2D eigenvalue weighted by atomic mass is 32.2. The van der Waals surface area contributed by atoms with Crippen molar-refractivity contribution in [1.29, 1.82) is 0 Å². The van der Waals surface area contributed by atoms with Crippen LogP contribution in [-0.4, -0.2) is 25.5 Å². The van der Waals surface area contributed by atoms with Crippen LogP contribution in [0.4, 0.5) is 5.82 Å². The second-order valence-electron chi connectivity index (χ2n) is 4.39. The van der Waals surface area contributed by atoms with Crippen molar-refractivity contribution in [3.8, 4) is 5.88 Å². The summed E-state index contributed by atoms with van der Waals surface area (Å²) in [5, 5.41) is 8.17. The van der Waals surface area contributed by atoms with E-state index in [2.05, 4.69) is 15.3 Å². The van der Waals surface area contributed by atoms with Crippen LogP contribution in [0.2, 0.25) is 0 Å². The molecule has 1 aromatic heterocycles. The third-order valence-corrected chi connectivity index (χ3v) is 3.68. The zero-order valence-electron chi connectivity index (χ0n) is 11.7. The summed E-state index contributed by atoms with van der Waals surface area (Å²) in [6.07, 6.45) is 0. The third-order valence-electron chi connectivity index (χ3n) is 2.75. The van der Waals surface area contributed by atoms with Gasteiger partial charge < -0.3 is 10.1 Å². The molecule has 0 unspecified atom stereocenters. The Morgan fingerprint density at radius 1 is 1.24 bits per heavy atom. The summed E-state index contributed by atoms with van der Waals surface area (Å²) in [7, 11) is -2.12. The van der Waals surface area contributed by atoms with Gasteiger partial charge in [-0.2, -0.15) is 4.98 Å². The lowest BCUT2D eigenvalue weighted by Gasteiger charge is -2.08. The van der Waals surface area contributed by atoms with Gasteiger partial charge in [0, 0.05) is 12.6 Å². The second-order valence-corrected chi connectivity index (χ2v) is 5.95. The summed E-state index contributed by atoms with van der Waals surface area (Å²) in [6, 6.07) is 8.01. The molecule has 2 rings (SSSR count). The first-order valence-corrected chi connectivity index (χ1v) is 7.68. The molecular formula is C13H16N4O3S. The van der Waals surface area contributed by atoms with E-state index in [-0.39, 0.29) is 4.90 Å². The van der Waals surface area contributed by atoms with E-state index < -0.39 is 10.0 Å². The maximum Gasteiger partial charge on any atom is 0.238 e. The van der Waals surface area contributed by atoms with E-state index in [9.17, 15) is 8.42 Å². The maximum atomic E-state index is 11.2. The first-order valence-electron chi connectivity index (χ1n) is 6.14. The van der Waals surface area contributed by atoms with Crippen molar-refractivity contribution in [2.45, 2.75) is 18.4 Å². The van der Waals surface area contributed by atoms with Gasteiger partial charge in [0.25, 0.3) is 0 Å². The molecule has 7 nitrogen and oxygen atoms in total. The average molecular weight is 308 g/mol. The van der Waals surface area contributed by atoms with Crippen LogP contribution in [-0.2, 0) is 16.6 Å². The van der Waals surface area contributed by atoms with Crippen molar-refractivity contribution in [3.63, 3.8) is 0 Å². The summed E-state index contributed by atoms with van der Waals surface area (Å²) < 4.78 is 27.4. The number of aromatic nitrogens is 2. The van der Waals surface area contributed by atoms with Crippen LogP contribution < -0.4 is 15.2 Å². The molecule has 0 spiro atoms. The molecule has 0 bridgehead atoms. The number of sulfonamides is 1. The highest BCUT2D eigenvalue weighted by molar-refractivity contribution is 7.89. The van der Waals surface area contributed by atoms with E-state index in [1.165, 1.54) is 19.2 Å². The highest BCUT2D eigenvalue weighted by Gasteiger charge is 2.07. The number of methoxy groups -OCH3 is 1. The summed E-state index contributed by atoms with van der Waals surface area (Å²) in [5.74, 6) is 1.71. The standard InChI is InChI=1S/C13H16N4O3S/c1-9-16-12(7-13(17-9)20-2)15-8-10-3-5-11(6-4-10)21(14,18)19/h3-7H,8H2,1-2H3,(H2,14,18,19)(H,15,16,17). The number of nitrogens with two attached hydrogens (primary N) is 1. The zero-order chi connectivity index (χ0) is 15.5. The van der Waals surface area contributed by atoms with Crippen molar-refractivity contribution in [1.82, 2.24) is 9.97 Å². The molecular weight excluding hydrogens is 292 g/mol. The Bertz CT molecular complexity index is 730. The smallest absolute Gasteiger partial charge is 0.238 e. The van der Waals surface area contributed by atoms with Gasteiger partial charge in [0.05, 0.1) is 12.0 Å². The van der Waals surface area contributed by atoms with Crippen molar-refractivity contribution in [2.24, 2.45) is 5.14 Å². The molecule has 0 aliphatic carbocycles. The minimum Gasteiger partial charge on any atom is -0.481 e. The fourth-order valence-electron chi connectivity index (χ4n) is 1.73. The number of rotatable bonds is 5. The number of benzene rings is 1. The maximum absolute atomic E-state index is 11.2. The predicted octanol–water partition coefficient (Wildman–Crippen LogP) is 1.05. The zero-order valence-corrected chi connectivity index (χ0v) is 12.5. The Balaban J connectivity index is 2.08. The van der Waals surface area contributed by atoms with E-state index >= 15 is 0 Å². The van der Waals surface area contributed by atoms with E-state index in [4.69, 9.17) is 9.88 Å². The fourth-order valence-corrected chi connectivity index (χ4v) is 2.24. The van der Waals surface area contributed by atoms with E-state index in [0.29, 0.717) is 24.1 Å². The van der Waals surface area contributed by atoms with Crippen LogP contribution in [0.1, 0.15) is 11.4 Å². The van der Waals surface area contributed by atoms with Crippen LogP contribution in [0.25, 0.3) is 0 Å². The molecule has 0 aliphatic rings. The number of aryl methyl sites for hydroxylation is 1. The van der Waals surface area contributed by atoms with Gasteiger partial charge >= 0.3 is 0 Å². The van der Waals surface area contributed by atoms with Crippen LogP contribution in [0.3, 0.4) is 0 Å². The van der Waals surface area contributed by atoms with Gasteiger partial charge in [-0.15, -0.1) is 0 Å². The van der Waals surface area contributed by atoms with E-state index in [1.807, 2.05) is 0 Å². The van der Waals surface area contributed by atoms with Gasteiger partial charge in [0.15, 0.2) is 0 Å². The molecule has 8 heteroatoms. The lowest BCUT2D eigenvalue weighted by molar-refractivity contribution is 0.396. The average Bonchev–Trinajstić information content (AvgIpc) is 2.44. The first kappa shape index (κ1) is 15.2. The Labute approximate surface area is 123 Å². The van der Waals surface area contributed by atoms with Gasteiger partial charge in [-0.1, -0.05) is 12.1 Å². The summed E-state index contributed by atoms with van der Waals surface area (Å²) in [5.41, 5.74) is 0.901. The monoisotopic (exact) mass is 308 g/mol. The fraction of sp³-hybridized carbons (Fsp3) is 0.231. The van der Waals surface area contributed by atoms with Crippen molar-refractivity contribution < 1.29 is 13.2 Å². The van der Waals surface area contributed by atoms with Gasteiger partial charge in [0.1, 0.15) is 11.6 Å². The Kier molecular flexibility index (Phi) is 4.39. The molecule has 0 fully saturated rings. The van der Waals surface area contributed by atoms with Crippen molar-refractivity contribution >= 4 is 15.8 Å². The molecule has 0 radical (unpaired) electrons. The molecule has 21 heavy (non-hydrogen) atoms. The Hall–Kier alpha value is -2.19. The molecule has 3 N–H and O–H groups in total. The molecule has 0 amide bonds. The van der Waals surface area contributed by atoms with Crippen molar-refractivity contribution in [3.05, 3.63) is 41.7 Å². The molecule has 0 aliphatic heterocycles. The lowest BCUT2D eigenvalue weighted by atomic mass is 10.2. The number of nitrogens with one attached hydrogen (secondary N) is 1. The van der Waals surface area contributed by atoms with Crippen molar-refractivity contribution in [2.75, 3.05) is 12.4 Å². The summed E-state index contributed by atoms with van der Waals surface area (Å²) >= 11 is 0. The number of hydrogen-bond donors (Lipinski definition) is 2. The normalized spacial score (nSPS) is 11.2. The molecule has 0 saturated heterocycles. The molecule has 1 aromatic carbocycles. The molecule has 2 aromatic rings. The second kappa shape index (κ2) is 6.06. The largest absolute Gasteiger partial charge is 0.481 e. The minimum absolute atomic E-state index is 0.0887. The topological polar surface area (TPSA) is 107 Å². The molecule has 1 heterocycles. The van der Waals surface area contributed by atoms with Gasteiger partial charge in [0.2, 0.25) is 15.9 Å². The molecule has 0 saturated carbocycles. The van der Waals surface area contributed by atoms with Gasteiger partial charge in [-0.05, 0) is 24.6 Å². The lowest BCUT2D eigenvalue weighted by Crippen LogP contribution is -2.12. The van der Waals surface area contributed by atoms with Gasteiger partial charge in [-0.25, -0.2) is 18.5 Å². The van der Waals surface area contributed by atoms with E-state index in [1.54, 1.807) is 25.1 Å². The summed E-state index contributed by atoms with van der Waals surface area (Å²) in [6.45, 7) is 2.26. The number of primary sulfonamides is 1. The minimum atomic E-state index is -3.66. The Morgan fingerprint density at radius 3 is 2.48 bits per heavy atom. The highest BCUT2D eigenvalue weighted by Crippen LogP contribution is 2.14. The quantitative estimate of drug-likeness (QED) is 0.855. The number of ether oxygens (including phenoxy) is 1. The number of hydrogen-bond acceptors (Lipinski definition) is 6. The van der Waals surface area contributed by atoms with E-state index in [0.717, 1.165) is 5.56 Å². The Morgan fingerprint density at radius 2 is 1.90 bits per heavy atom. The number of nitrogens with zero attached hydrogens (tertiary/aromatic N) is 2. The first-order chi connectivity index (χ1) is 9.88. The number of anilines is 1. The van der Waals surface area contributed by atoms with Crippen LogP contribution in [0.15, 0.2) is 35.2 Å². The molecule has 0 atom stereocenters. The van der Waals surface area contributed by atoms with Crippen LogP contribution in [0.5, 0.6) is 5.88 Å². The third kappa shape index (κ3) is 4.14. The van der Waals surface area contributed by atoms with Gasteiger partial charge in [-0.3, -0.25) is 0 Å².